The second kappa shape index (κ2) is 6.01. The average molecular weight is 265 g/mol. The number of nitrogens with one attached hydrogen (secondary N) is 2. The predicted molar refractivity (Wildman–Crippen MR) is 65.9 cm³/mol. The molecule has 0 aliphatic rings. The minimum atomic E-state index is -0.00748. The van der Waals surface area contributed by atoms with E-state index in [9.17, 15) is 5.11 Å². The lowest BCUT2D eigenvalue weighted by molar-refractivity contribution is 0.339. The van der Waals surface area contributed by atoms with Gasteiger partial charge in [0, 0.05) is 6.54 Å². The van der Waals surface area contributed by atoms with E-state index in [0.29, 0.717) is 30.4 Å². The summed E-state index contributed by atoms with van der Waals surface area (Å²) in [5.74, 6) is 1.32. The summed E-state index contributed by atoms with van der Waals surface area (Å²) in [6.45, 7) is 1.05. The Morgan fingerprint density at radius 3 is 2.42 bits per heavy atom. The molecular formula is C11H15N5O3. The Kier molecular flexibility index (Phi) is 4.14. The number of phenolic OH excluding ortho intramolecular Hbond substituents is 1. The van der Waals surface area contributed by atoms with Crippen molar-refractivity contribution in [1.29, 1.82) is 0 Å². The molecule has 0 unspecified atom stereocenters. The van der Waals surface area contributed by atoms with Crippen molar-refractivity contribution in [3.8, 4) is 17.2 Å². The number of aromatic amines is 1. The molecular weight excluding hydrogens is 250 g/mol. The number of tetrazole rings is 1. The van der Waals surface area contributed by atoms with Crippen molar-refractivity contribution in [2.45, 2.75) is 13.1 Å². The molecule has 2 aromatic rings. The molecule has 102 valence electrons. The molecule has 0 spiro atoms. The summed E-state index contributed by atoms with van der Waals surface area (Å²) in [6, 6.07) is 3.47. The van der Waals surface area contributed by atoms with Crippen LogP contribution in [0.2, 0.25) is 0 Å². The van der Waals surface area contributed by atoms with Gasteiger partial charge in [-0.25, -0.2) is 0 Å². The normalized spacial score (nSPS) is 10.4. The van der Waals surface area contributed by atoms with Gasteiger partial charge in [-0.15, -0.1) is 10.2 Å². The summed E-state index contributed by atoms with van der Waals surface area (Å²) in [4.78, 5) is 0. The molecule has 0 fully saturated rings. The number of rotatable bonds is 6. The van der Waals surface area contributed by atoms with Crippen LogP contribution in [-0.2, 0) is 13.1 Å². The Labute approximate surface area is 109 Å². The predicted octanol–water partition coefficient (Wildman–Crippen LogP) is 0.212. The maximum absolute atomic E-state index is 9.79. The smallest absolute Gasteiger partial charge is 0.200 e. The molecule has 0 radical (unpaired) electrons. The van der Waals surface area contributed by atoms with E-state index in [0.717, 1.165) is 5.56 Å². The van der Waals surface area contributed by atoms with Crippen LogP contribution in [0.25, 0.3) is 0 Å². The number of hydrogen-bond donors (Lipinski definition) is 3. The minimum absolute atomic E-state index is 0.00748. The first kappa shape index (κ1) is 13.1. The highest BCUT2D eigenvalue weighted by atomic mass is 16.5. The fourth-order valence-electron chi connectivity index (χ4n) is 1.63. The Morgan fingerprint density at radius 1 is 1.21 bits per heavy atom. The molecule has 8 heteroatoms. The number of phenols is 1. The largest absolute Gasteiger partial charge is 0.502 e. The minimum Gasteiger partial charge on any atom is -0.502 e. The van der Waals surface area contributed by atoms with Gasteiger partial charge in [0.25, 0.3) is 0 Å². The standard InChI is InChI=1S/C11H15N5O3/c1-18-8-3-7(4-9(19-2)11(8)17)5-12-6-10-13-15-16-14-10/h3-4,12,17H,5-6H2,1-2H3,(H,13,14,15,16). The van der Waals surface area contributed by atoms with E-state index in [1.807, 2.05) is 0 Å². The molecule has 2 rings (SSSR count). The molecule has 1 heterocycles. The van der Waals surface area contributed by atoms with Gasteiger partial charge < -0.3 is 19.9 Å². The number of benzene rings is 1. The monoisotopic (exact) mass is 265 g/mol. The molecule has 0 saturated carbocycles. The van der Waals surface area contributed by atoms with E-state index in [4.69, 9.17) is 9.47 Å². The number of ether oxygens (including phenoxy) is 2. The van der Waals surface area contributed by atoms with Gasteiger partial charge in [0.15, 0.2) is 17.3 Å². The summed E-state index contributed by atoms with van der Waals surface area (Å²) in [7, 11) is 2.98. The third kappa shape index (κ3) is 3.10. The number of H-pyrrole nitrogens is 1. The van der Waals surface area contributed by atoms with Gasteiger partial charge in [0.05, 0.1) is 20.8 Å². The van der Waals surface area contributed by atoms with Gasteiger partial charge >= 0.3 is 0 Å². The number of nitrogens with zero attached hydrogens (tertiary/aromatic N) is 3. The van der Waals surface area contributed by atoms with Gasteiger partial charge in [0.1, 0.15) is 0 Å². The second-order valence-corrected chi connectivity index (χ2v) is 3.78. The number of aromatic hydroxyl groups is 1. The quantitative estimate of drug-likeness (QED) is 0.685. The SMILES string of the molecule is COc1cc(CNCc2nn[nH]n2)cc(OC)c1O. The van der Waals surface area contributed by atoms with Crippen LogP contribution in [0.1, 0.15) is 11.4 Å². The molecule has 0 amide bonds. The third-order valence-electron chi connectivity index (χ3n) is 2.54. The Morgan fingerprint density at radius 2 is 1.89 bits per heavy atom. The topological polar surface area (TPSA) is 105 Å². The Bertz CT molecular complexity index is 504. The maximum atomic E-state index is 9.79. The van der Waals surface area contributed by atoms with E-state index in [1.165, 1.54) is 14.2 Å². The van der Waals surface area contributed by atoms with Crippen molar-refractivity contribution in [2.75, 3.05) is 14.2 Å². The highest BCUT2D eigenvalue weighted by Crippen LogP contribution is 2.36. The third-order valence-corrected chi connectivity index (χ3v) is 2.54. The molecule has 0 atom stereocenters. The van der Waals surface area contributed by atoms with Crippen molar-refractivity contribution in [3.63, 3.8) is 0 Å². The highest BCUT2D eigenvalue weighted by Gasteiger charge is 2.11. The van der Waals surface area contributed by atoms with Crippen LogP contribution in [0.15, 0.2) is 12.1 Å². The summed E-state index contributed by atoms with van der Waals surface area (Å²) >= 11 is 0. The van der Waals surface area contributed by atoms with Gasteiger partial charge in [0.2, 0.25) is 5.75 Å². The molecule has 1 aromatic carbocycles. The second-order valence-electron chi connectivity index (χ2n) is 3.78. The van der Waals surface area contributed by atoms with Gasteiger partial charge in [-0.1, -0.05) is 5.21 Å². The fraction of sp³-hybridized carbons (Fsp3) is 0.364. The summed E-state index contributed by atoms with van der Waals surface area (Å²) in [5.41, 5.74) is 0.912. The van der Waals surface area contributed by atoms with Crippen molar-refractivity contribution in [1.82, 2.24) is 25.9 Å². The van der Waals surface area contributed by atoms with Gasteiger partial charge in [-0.3, -0.25) is 0 Å². The first-order valence-corrected chi connectivity index (χ1v) is 5.61. The van der Waals surface area contributed by atoms with Crippen LogP contribution in [-0.4, -0.2) is 40.0 Å². The van der Waals surface area contributed by atoms with Crippen molar-refractivity contribution < 1.29 is 14.6 Å². The zero-order chi connectivity index (χ0) is 13.7. The van der Waals surface area contributed by atoms with Crippen molar-refractivity contribution >= 4 is 0 Å². The fourth-order valence-corrected chi connectivity index (χ4v) is 1.63. The van der Waals surface area contributed by atoms with Gasteiger partial charge in [-0.05, 0) is 17.7 Å². The summed E-state index contributed by atoms with van der Waals surface area (Å²) in [6.07, 6.45) is 0. The van der Waals surface area contributed by atoms with Crippen molar-refractivity contribution in [2.24, 2.45) is 0 Å². The van der Waals surface area contributed by atoms with Crippen LogP contribution in [0, 0.1) is 0 Å². The average Bonchev–Trinajstić information content (AvgIpc) is 2.93. The van der Waals surface area contributed by atoms with E-state index >= 15 is 0 Å². The maximum Gasteiger partial charge on any atom is 0.200 e. The lowest BCUT2D eigenvalue weighted by atomic mass is 10.2. The lowest BCUT2D eigenvalue weighted by Gasteiger charge is -2.11. The Balaban J connectivity index is 2.03. The van der Waals surface area contributed by atoms with Crippen LogP contribution < -0.4 is 14.8 Å². The van der Waals surface area contributed by atoms with E-state index in [1.54, 1.807) is 12.1 Å². The Hall–Kier alpha value is -2.35. The molecule has 0 saturated heterocycles. The number of aromatic nitrogens is 4. The first-order valence-electron chi connectivity index (χ1n) is 5.61. The van der Waals surface area contributed by atoms with Gasteiger partial charge in [-0.2, -0.15) is 5.21 Å². The zero-order valence-electron chi connectivity index (χ0n) is 10.7. The number of methoxy groups -OCH3 is 2. The number of hydrogen-bond acceptors (Lipinski definition) is 7. The molecule has 0 aliphatic heterocycles. The van der Waals surface area contributed by atoms with E-state index in [2.05, 4.69) is 25.9 Å². The zero-order valence-corrected chi connectivity index (χ0v) is 10.7. The summed E-state index contributed by atoms with van der Waals surface area (Å²) in [5, 5.41) is 26.4. The van der Waals surface area contributed by atoms with E-state index in [-0.39, 0.29) is 5.75 Å². The first-order chi connectivity index (χ1) is 9.24. The highest BCUT2D eigenvalue weighted by molar-refractivity contribution is 5.52. The van der Waals surface area contributed by atoms with Crippen molar-refractivity contribution in [3.05, 3.63) is 23.5 Å². The molecule has 0 bridgehead atoms. The summed E-state index contributed by atoms with van der Waals surface area (Å²) < 4.78 is 10.2. The molecule has 1 aromatic heterocycles. The molecule has 8 nitrogen and oxygen atoms in total. The lowest BCUT2D eigenvalue weighted by Crippen LogP contribution is -2.14. The van der Waals surface area contributed by atoms with Crippen LogP contribution in [0.3, 0.4) is 0 Å². The molecule has 19 heavy (non-hydrogen) atoms. The van der Waals surface area contributed by atoms with E-state index < -0.39 is 0 Å². The van der Waals surface area contributed by atoms with Crippen LogP contribution in [0.5, 0.6) is 17.2 Å². The molecule has 3 N–H and O–H groups in total. The van der Waals surface area contributed by atoms with Crippen LogP contribution >= 0.6 is 0 Å². The molecule has 0 aliphatic carbocycles. The van der Waals surface area contributed by atoms with Crippen LogP contribution in [0.4, 0.5) is 0 Å².